The van der Waals surface area contributed by atoms with E-state index in [4.69, 9.17) is 4.74 Å². The summed E-state index contributed by atoms with van der Waals surface area (Å²) in [6, 6.07) is 15.6. The van der Waals surface area contributed by atoms with Gasteiger partial charge in [0.25, 0.3) is 5.91 Å². The second-order valence-electron chi connectivity index (χ2n) is 7.05. The Morgan fingerprint density at radius 2 is 1.79 bits per heavy atom. The van der Waals surface area contributed by atoms with Crippen LogP contribution in [0.15, 0.2) is 54.6 Å². The molecule has 156 valence electrons. The highest BCUT2D eigenvalue weighted by molar-refractivity contribution is 5.98. The highest BCUT2D eigenvalue weighted by Crippen LogP contribution is 2.17. The van der Waals surface area contributed by atoms with Crippen LogP contribution in [-0.2, 0) is 4.79 Å². The number of methoxy groups -OCH3 is 1. The zero-order chi connectivity index (χ0) is 19.9. The first-order valence-corrected chi connectivity index (χ1v) is 9.62. The third-order valence-corrected chi connectivity index (χ3v) is 5.11. The van der Waals surface area contributed by atoms with E-state index in [-0.39, 0.29) is 36.3 Å². The maximum Gasteiger partial charge on any atom is 0.252 e. The molecule has 1 fully saturated rings. The summed E-state index contributed by atoms with van der Waals surface area (Å²) in [7, 11) is 1.58. The first-order chi connectivity index (χ1) is 13.6. The van der Waals surface area contributed by atoms with Crippen LogP contribution in [0.2, 0.25) is 0 Å². The molecule has 0 bridgehead atoms. The van der Waals surface area contributed by atoms with Crippen molar-refractivity contribution < 1.29 is 14.3 Å². The molecule has 3 unspecified atom stereocenters. The molecule has 1 heterocycles. The number of hydrogen-bond donors (Lipinski definition) is 3. The van der Waals surface area contributed by atoms with E-state index >= 15 is 0 Å². The Labute approximate surface area is 177 Å². The molecule has 0 spiro atoms. The zero-order valence-corrected chi connectivity index (χ0v) is 17.5. The lowest BCUT2D eigenvalue weighted by molar-refractivity contribution is -0.124. The van der Waals surface area contributed by atoms with Crippen molar-refractivity contribution in [2.75, 3.05) is 13.7 Å². The van der Waals surface area contributed by atoms with Gasteiger partial charge in [-0.15, -0.1) is 12.4 Å². The van der Waals surface area contributed by atoms with Gasteiger partial charge in [-0.05, 0) is 56.1 Å². The van der Waals surface area contributed by atoms with Crippen LogP contribution in [0.4, 0.5) is 0 Å². The van der Waals surface area contributed by atoms with E-state index in [2.05, 4.69) is 22.9 Å². The molecular weight excluding hydrogens is 390 g/mol. The molecule has 6 nitrogen and oxygen atoms in total. The van der Waals surface area contributed by atoms with Gasteiger partial charge in [0.15, 0.2) is 0 Å². The average Bonchev–Trinajstić information content (AvgIpc) is 2.74. The maximum atomic E-state index is 13.1. The number of benzene rings is 2. The van der Waals surface area contributed by atoms with Crippen LogP contribution < -0.4 is 20.7 Å². The third-order valence-electron chi connectivity index (χ3n) is 5.11. The van der Waals surface area contributed by atoms with Crippen LogP contribution in [0.3, 0.4) is 0 Å². The number of halogens is 1. The van der Waals surface area contributed by atoms with Crippen LogP contribution in [0.25, 0.3) is 0 Å². The number of nitrogens with one attached hydrogen (secondary N) is 3. The topological polar surface area (TPSA) is 79.5 Å². The standard InChI is InChI=1S/C22H27N3O3.ClH/c1-15-19(9-6-14-23-15)24-22(27)20(16-7-4-3-5-8-16)25-21(26)17-10-12-18(28-2)13-11-17;/h3-5,7-8,10-13,15,19-20,23H,6,9,14H2,1-2H3,(H,24,27)(H,25,26);1H. The fourth-order valence-corrected chi connectivity index (χ4v) is 3.41. The Morgan fingerprint density at radius 1 is 1.10 bits per heavy atom. The summed E-state index contributed by atoms with van der Waals surface area (Å²) in [5.41, 5.74) is 1.22. The minimum absolute atomic E-state index is 0. The largest absolute Gasteiger partial charge is 0.497 e. The molecule has 7 heteroatoms. The quantitative estimate of drug-likeness (QED) is 0.675. The van der Waals surface area contributed by atoms with Gasteiger partial charge >= 0.3 is 0 Å². The monoisotopic (exact) mass is 417 g/mol. The fourth-order valence-electron chi connectivity index (χ4n) is 3.41. The van der Waals surface area contributed by atoms with Crippen LogP contribution in [-0.4, -0.2) is 37.6 Å². The molecule has 3 rings (SSSR count). The summed E-state index contributed by atoms with van der Waals surface area (Å²) in [6.07, 6.45) is 1.94. The molecule has 1 saturated heterocycles. The van der Waals surface area contributed by atoms with Gasteiger partial charge in [0.2, 0.25) is 5.91 Å². The Kier molecular flexibility index (Phi) is 8.49. The first kappa shape index (κ1) is 22.7. The number of piperidine rings is 1. The number of rotatable bonds is 6. The van der Waals surface area contributed by atoms with E-state index in [0.717, 1.165) is 24.9 Å². The minimum Gasteiger partial charge on any atom is -0.497 e. The Bertz CT molecular complexity index is 799. The Hall–Kier alpha value is -2.57. The smallest absolute Gasteiger partial charge is 0.252 e. The number of carbonyl (C=O) groups excluding carboxylic acids is 2. The Morgan fingerprint density at radius 3 is 2.41 bits per heavy atom. The molecule has 3 atom stereocenters. The molecule has 3 N–H and O–H groups in total. The lowest BCUT2D eigenvalue weighted by Gasteiger charge is -2.32. The van der Waals surface area contributed by atoms with Crippen LogP contribution in [0, 0.1) is 0 Å². The summed E-state index contributed by atoms with van der Waals surface area (Å²) in [6.45, 7) is 3.03. The molecule has 29 heavy (non-hydrogen) atoms. The van der Waals surface area contributed by atoms with Crippen molar-refractivity contribution in [1.29, 1.82) is 0 Å². The van der Waals surface area contributed by atoms with Crippen molar-refractivity contribution in [1.82, 2.24) is 16.0 Å². The lowest BCUT2D eigenvalue weighted by Crippen LogP contribution is -2.54. The first-order valence-electron chi connectivity index (χ1n) is 9.62. The molecule has 1 aliphatic heterocycles. The molecular formula is C22H28ClN3O3. The molecule has 0 saturated carbocycles. The molecule has 2 aromatic carbocycles. The second kappa shape index (κ2) is 10.8. The lowest BCUT2D eigenvalue weighted by atomic mass is 9.98. The normalized spacial score (nSPS) is 19.4. The fraction of sp³-hybridized carbons (Fsp3) is 0.364. The summed E-state index contributed by atoms with van der Waals surface area (Å²) in [4.78, 5) is 25.8. The highest BCUT2D eigenvalue weighted by atomic mass is 35.5. The van der Waals surface area contributed by atoms with Crippen LogP contribution in [0.1, 0.15) is 41.7 Å². The van der Waals surface area contributed by atoms with Gasteiger partial charge in [-0.25, -0.2) is 0 Å². The van der Waals surface area contributed by atoms with E-state index in [9.17, 15) is 9.59 Å². The van der Waals surface area contributed by atoms with Gasteiger partial charge in [-0.2, -0.15) is 0 Å². The van der Waals surface area contributed by atoms with Gasteiger partial charge in [0.1, 0.15) is 11.8 Å². The zero-order valence-electron chi connectivity index (χ0n) is 16.7. The van der Waals surface area contributed by atoms with Crippen molar-refractivity contribution >= 4 is 24.2 Å². The molecule has 1 aliphatic rings. The summed E-state index contributed by atoms with van der Waals surface area (Å²) >= 11 is 0. The second-order valence-corrected chi connectivity index (χ2v) is 7.05. The molecule has 2 aromatic rings. The van der Waals surface area contributed by atoms with Gasteiger partial charge in [0.05, 0.1) is 7.11 Å². The average molecular weight is 418 g/mol. The van der Waals surface area contributed by atoms with Crippen molar-refractivity contribution in [2.45, 2.75) is 37.9 Å². The van der Waals surface area contributed by atoms with Crippen LogP contribution in [0.5, 0.6) is 5.75 Å². The number of ether oxygens (including phenoxy) is 1. The predicted octanol–water partition coefficient (Wildman–Crippen LogP) is 2.84. The van der Waals surface area contributed by atoms with E-state index in [0.29, 0.717) is 11.3 Å². The van der Waals surface area contributed by atoms with E-state index in [1.54, 1.807) is 31.4 Å². The summed E-state index contributed by atoms with van der Waals surface area (Å²) < 4.78 is 5.13. The van der Waals surface area contributed by atoms with Gasteiger partial charge in [0, 0.05) is 17.6 Å². The van der Waals surface area contributed by atoms with Gasteiger partial charge in [-0.3, -0.25) is 9.59 Å². The van der Waals surface area contributed by atoms with Crippen molar-refractivity contribution in [3.05, 3.63) is 65.7 Å². The van der Waals surface area contributed by atoms with Crippen molar-refractivity contribution in [3.8, 4) is 5.75 Å². The molecule has 2 amide bonds. The SMILES string of the molecule is COc1ccc(C(=O)NC(C(=O)NC2CCCNC2C)c2ccccc2)cc1.Cl. The summed E-state index contributed by atoms with van der Waals surface area (Å²) in [5, 5.41) is 9.36. The minimum atomic E-state index is -0.759. The van der Waals surface area contributed by atoms with Crippen LogP contribution >= 0.6 is 12.4 Å². The maximum absolute atomic E-state index is 13.1. The number of carbonyl (C=O) groups is 2. The number of hydrogen-bond acceptors (Lipinski definition) is 4. The highest BCUT2D eigenvalue weighted by Gasteiger charge is 2.28. The van der Waals surface area contributed by atoms with Crippen molar-refractivity contribution in [3.63, 3.8) is 0 Å². The Balaban J connectivity index is 0.00000300. The molecule has 0 aromatic heterocycles. The van der Waals surface area contributed by atoms with E-state index in [1.165, 1.54) is 0 Å². The van der Waals surface area contributed by atoms with E-state index in [1.807, 2.05) is 30.3 Å². The number of amides is 2. The van der Waals surface area contributed by atoms with Crippen molar-refractivity contribution in [2.24, 2.45) is 0 Å². The predicted molar refractivity (Wildman–Crippen MR) is 116 cm³/mol. The van der Waals surface area contributed by atoms with E-state index < -0.39 is 6.04 Å². The molecule has 0 aliphatic carbocycles. The third kappa shape index (κ3) is 5.95. The van der Waals surface area contributed by atoms with Gasteiger partial charge < -0.3 is 20.7 Å². The summed E-state index contributed by atoms with van der Waals surface area (Å²) in [5.74, 6) is 0.169. The molecule has 0 radical (unpaired) electrons. The van der Waals surface area contributed by atoms with Gasteiger partial charge in [-0.1, -0.05) is 30.3 Å².